The van der Waals surface area contributed by atoms with E-state index in [9.17, 15) is 0 Å². The monoisotopic (exact) mass is 291 g/mol. The predicted molar refractivity (Wildman–Crippen MR) is 82.3 cm³/mol. The van der Waals surface area contributed by atoms with Crippen LogP contribution in [0.2, 0.25) is 5.02 Å². The van der Waals surface area contributed by atoms with Crippen molar-refractivity contribution >= 4 is 33.9 Å². The normalized spacial score (nSPS) is 15.1. The smallest absolute Gasteiger partial charge is 0.188 e. The fraction of sp³-hybridized carbons (Fsp3) is 0.286. The van der Waals surface area contributed by atoms with Crippen LogP contribution in [-0.2, 0) is 0 Å². The van der Waals surface area contributed by atoms with Gasteiger partial charge in [-0.05, 0) is 25.0 Å². The third-order valence-corrected chi connectivity index (χ3v) is 3.99. The number of aliphatic imine (C=N–C) groups is 1. The Hall–Kier alpha value is -1.39. The van der Waals surface area contributed by atoms with Crippen molar-refractivity contribution in [2.24, 2.45) is 4.99 Å². The molecule has 1 aromatic carbocycles. The number of rotatable bonds is 2. The van der Waals surface area contributed by atoms with Crippen LogP contribution in [0.25, 0.3) is 11.3 Å². The molecule has 0 fully saturated rings. The average Bonchev–Trinajstić information content (AvgIpc) is 2.88. The van der Waals surface area contributed by atoms with Crippen molar-refractivity contribution in [3.63, 3.8) is 0 Å². The van der Waals surface area contributed by atoms with Crippen LogP contribution in [0.3, 0.4) is 0 Å². The minimum Gasteiger partial charge on any atom is -0.320 e. The molecule has 1 aliphatic rings. The molecule has 0 spiro atoms. The molecule has 19 heavy (non-hydrogen) atoms. The summed E-state index contributed by atoms with van der Waals surface area (Å²) in [6, 6.07) is 7.75. The average molecular weight is 292 g/mol. The van der Waals surface area contributed by atoms with Gasteiger partial charge < -0.3 is 5.32 Å². The van der Waals surface area contributed by atoms with Crippen molar-refractivity contribution in [3.8, 4) is 11.3 Å². The predicted octanol–water partition coefficient (Wildman–Crippen LogP) is 4.46. The molecule has 5 heteroatoms. The molecule has 0 amide bonds. The molecule has 0 atom stereocenters. The highest BCUT2D eigenvalue weighted by Gasteiger charge is 2.09. The Bertz CT molecular complexity index is 606. The number of nitrogens with zero attached hydrogens (tertiary/aromatic N) is 2. The number of benzene rings is 1. The maximum atomic E-state index is 6.00. The number of hydrogen-bond donors (Lipinski definition) is 1. The van der Waals surface area contributed by atoms with Crippen molar-refractivity contribution in [1.29, 1.82) is 0 Å². The van der Waals surface area contributed by atoms with E-state index in [1.54, 1.807) is 11.3 Å². The standard InChI is InChI=1S/C14H14ClN3S/c15-11-5-3-4-10(8-11)12-9-19-14(17-12)18-13-6-1-2-7-16-13/h3-5,8-9H,1-2,6-7H2,(H,16,17,18). The zero-order valence-corrected chi connectivity index (χ0v) is 12.0. The van der Waals surface area contributed by atoms with Gasteiger partial charge in [-0.15, -0.1) is 11.3 Å². The van der Waals surface area contributed by atoms with Gasteiger partial charge in [0.25, 0.3) is 0 Å². The number of thiazole rings is 1. The number of halogens is 1. The maximum absolute atomic E-state index is 6.00. The summed E-state index contributed by atoms with van der Waals surface area (Å²) in [5.74, 6) is 1.05. The Labute approximate surface area is 121 Å². The largest absolute Gasteiger partial charge is 0.320 e. The Morgan fingerprint density at radius 2 is 2.21 bits per heavy atom. The van der Waals surface area contributed by atoms with Gasteiger partial charge in [-0.25, -0.2) is 4.98 Å². The summed E-state index contributed by atoms with van der Waals surface area (Å²) >= 11 is 7.60. The van der Waals surface area contributed by atoms with Crippen LogP contribution in [0.4, 0.5) is 5.13 Å². The molecule has 3 nitrogen and oxygen atoms in total. The van der Waals surface area contributed by atoms with Crippen LogP contribution in [0.15, 0.2) is 34.6 Å². The summed E-state index contributed by atoms with van der Waals surface area (Å²) in [7, 11) is 0. The molecule has 0 bridgehead atoms. The molecule has 98 valence electrons. The SMILES string of the molecule is Clc1cccc(-c2csc(NC3=NCCCC3)n2)c1. The van der Waals surface area contributed by atoms with E-state index in [0.29, 0.717) is 0 Å². The first kappa shape index (κ1) is 12.6. The number of aromatic nitrogens is 1. The van der Waals surface area contributed by atoms with Crippen molar-refractivity contribution in [2.45, 2.75) is 19.3 Å². The fourth-order valence-electron chi connectivity index (χ4n) is 2.03. The van der Waals surface area contributed by atoms with Gasteiger partial charge in [0, 0.05) is 28.9 Å². The third kappa shape index (κ3) is 3.14. The highest BCUT2D eigenvalue weighted by Crippen LogP contribution is 2.27. The quantitative estimate of drug-likeness (QED) is 0.887. The molecule has 3 rings (SSSR count). The highest BCUT2D eigenvalue weighted by molar-refractivity contribution is 7.14. The van der Waals surface area contributed by atoms with Crippen LogP contribution in [-0.4, -0.2) is 17.4 Å². The fourth-order valence-corrected chi connectivity index (χ4v) is 2.96. The minimum atomic E-state index is 0.733. The van der Waals surface area contributed by atoms with Gasteiger partial charge in [0.15, 0.2) is 5.13 Å². The van der Waals surface area contributed by atoms with Crippen LogP contribution in [0.5, 0.6) is 0 Å². The van der Waals surface area contributed by atoms with E-state index in [1.165, 1.54) is 12.8 Å². The molecule has 2 aromatic rings. The molecule has 0 aliphatic carbocycles. The summed E-state index contributed by atoms with van der Waals surface area (Å²) in [6.07, 6.45) is 3.42. The Kier molecular flexibility index (Phi) is 3.80. The third-order valence-electron chi connectivity index (χ3n) is 3.00. The van der Waals surface area contributed by atoms with Gasteiger partial charge in [-0.2, -0.15) is 0 Å². The van der Waals surface area contributed by atoms with Crippen LogP contribution in [0, 0.1) is 0 Å². The Morgan fingerprint density at radius 3 is 3.00 bits per heavy atom. The molecule has 1 aromatic heterocycles. The summed E-state index contributed by atoms with van der Waals surface area (Å²) < 4.78 is 0. The van der Waals surface area contributed by atoms with E-state index in [0.717, 1.165) is 40.2 Å². The molecule has 2 heterocycles. The summed E-state index contributed by atoms with van der Waals surface area (Å²) in [5, 5.41) is 6.98. The second-order valence-corrected chi connectivity index (χ2v) is 5.75. The van der Waals surface area contributed by atoms with E-state index < -0.39 is 0 Å². The molecular formula is C14H14ClN3S. The van der Waals surface area contributed by atoms with Crippen molar-refractivity contribution in [3.05, 3.63) is 34.7 Å². The van der Waals surface area contributed by atoms with Crippen LogP contribution in [0.1, 0.15) is 19.3 Å². The molecule has 1 N–H and O–H groups in total. The van der Waals surface area contributed by atoms with Crippen molar-refractivity contribution < 1.29 is 0 Å². The summed E-state index contributed by atoms with van der Waals surface area (Å²) in [4.78, 5) is 9.06. The summed E-state index contributed by atoms with van der Waals surface area (Å²) in [6.45, 7) is 0.925. The lowest BCUT2D eigenvalue weighted by Gasteiger charge is -2.11. The number of anilines is 1. The van der Waals surface area contributed by atoms with Crippen molar-refractivity contribution in [1.82, 2.24) is 4.98 Å². The molecule has 0 unspecified atom stereocenters. The summed E-state index contributed by atoms with van der Waals surface area (Å²) in [5.41, 5.74) is 1.99. The number of nitrogens with one attached hydrogen (secondary N) is 1. The minimum absolute atomic E-state index is 0.733. The van der Waals surface area contributed by atoms with Gasteiger partial charge in [-0.3, -0.25) is 4.99 Å². The first-order valence-corrected chi connectivity index (χ1v) is 7.59. The van der Waals surface area contributed by atoms with Gasteiger partial charge in [0.1, 0.15) is 5.84 Å². The zero-order chi connectivity index (χ0) is 13.1. The van der Waals surface area contributed by atoms with Gasteiger partial charge in [-0.1, -0.05) is 23.7 Å². The van der Waals surface area contributed by atoms with E-state index in [4.69, 9.17) is 11.6 Å². The van der Waals surface area contributed by atoms with E-state index in [-0.39, 0.29) is 0 Å². The highest BCUT2D eigenvalue weighted by atomic mass is 35.5. The zero-order valence-electron chi connectivity index (χ0n) is 10.4. The number of hydrogen-bond acceptors (Lipinski definition) is 4. The Balaban J connectivity index is 1.77. The lowest BCUT2D eigenvalue weighted by Crippen LogP contribution is -2.15. The lowest BCUT2D eigenvalue weighted by molar-refractivity contribution is 0.737. The van der Waals surface area contributed by atoms with Gasteiger partial charge in [0.05, 0.1) is 5.69 Å². The molecule has 1 aliphatic heterocycles. The van der Waals surface area contributed by atoms with Gasteiger partial charge >= 0.3 is 0 Å². The Morgan fingerprint density at radius 1 is 1.26 bits per heavy atom. The first-order valence-electron chi connectivity index (χ1n) is 6.33. The van der Waals surface area contributed by atoms with Gasteiger partial charge in [0.2, 0.25) is 0 Å². The topological polar surface area (TPSA) is 37.3 Å². The molecule has 0 saturated heterocycles. The van der Waals surface area contributed by atoms with Crippen LogP contribution < -0.4 is 5.32 Å². The second-order valence-electron chi connectivity index (χ2n) is 4.46. The van der Waals surface area contributed by atoms with Crippen molar-refractivity contribution in [2.75, 3.05) is 11.9 Å². The molecule has 0 saturated carbocycles. The lowest BCUT2D eigenvalue weighted by atomic mass is 10.2. The molecule has 0 radical (unpaired) electrons. The second kappa shape index (κ2) is 5.72. The first-order chi connectivity index (χ1) is 9.31. The molecular weight excluding hydrogens is 278 g/mol. The number of amidine groups is 1. The van der Waals surface area contributed by atoms with E-state index >= 15 is 0 Å². The van der Waals surface area contributed by atoms with E-state index in [2.05, 4.69) is 15.3 Å². The van der Waals surface area contributed by atoms with Crippen LogP contribution >= 0.6 is 22.9 Å². The maximum Gasteiger partial charge on any atom is 0.188 e. The van der Waals surface area contributed by atoms with E-state index in [1.807, 2.05) is 29.6 Å².